The second-order valence-corrected chi connectivity index (χ2v) is 12.4. The largest absolute Gasteiger partial charge is 0.490 e. The van der Waals surface area contributed by atoms with Crippen molar-refractivity contribution in [3.05, 3.63) is 94.5 Å². The number of nitriles is 1. The maximum atomic E-state index is 14.1. The van der Waals surface area contributed by atoms with Crippen LogP contribution in [-0.2, 0) is 24.5 Å². The van der Waals surface area contributed by atoms with Crippen molar-refractivity contribution < 1.29 is 23.8 Å². The number of likely N-dealkylation sites (tertiary alicyclic amines) is 1. The summed E-state index contributed by atoms with van der Waals surface area (Å²) < 4.78 is 28.5. The van der Waals surface area contributed by atoms with E-state index in [1.807, 2.05) is 42.5 Å². The second-order valence-electron chi connectivity index (χ2n) is 12.0. The summed E-state index contributed by atoms with van der Waals surface area (Å²) in [6.45, 7) is 3.18. The zero-order valence-electron chi connectivity index (χ0n) is 24.8. The lowest BCUT2D eigenvalue weighted by Gasteiger charge is -2.32. The van der Waals surface area contributed by atoms with E-state index in [9.17, 15) is 14.4 Å². The molecular formula is C35H34ClFN4O4. The zero-order chi connectivity index (χ0) is 31.4. The Kier molecular flexibility index (Phi) is 9.06. The number of fused-ring (bicyclic) bond motifs is 1. The molecule has 8 nitrogen and oxygen atoms in total. The van der Waals surface area contributed by atoms with Crippen molar-refractivity contribution in [1.29, 1.82) is 5.26 Å². The van der Waals surface area contributed by atoms with Crippen LogP contribution in [0, 0.1) is 22.6 Å². The van der Waals surface area contributed by atoms with Crippen LogP contribution >= 0.6 is 11.6 Å². The number of halogens is 2. The Bertz CT molecular complexity index is 1770. The molecule has 1 N–H and O–H groups in total. The molecule has 0 unspecified atom stereocenters. The van der Waals surface area contributed by atoms with Crippen molar-refractivity contribution in [1.82, 2.24) is 14.5 Å². The molecule has 4 aromatic rings. The molecule has 3 aromatic carbocycles. The predicted octanol–water partition coefficient (Wildman–Crippen LogP) is 7.24. The van der Waals surface area contributed by atoms with Crippen LogP contribution in [0.2, 0.25) is 5.02 Å². The predicted molar refractivity (Wildman–Crippen MR) is 169 cm³/mol. The van der Waals surface area contributed by atoms with Gasteiger partial charge in [-0.25, -0.2) is 14.2 Å². The van der Waals surface area contributed by atoms with Crippen LogP contribution in [0.15, 0.2) is 66.7 Å². The Morgan fingerprint density at radius 1 is 1.13 bits per heavy atom. The fourth-order valence-electron chi connectivity index (χ4n) is 5.84. The molecule has 0 bridgehead atoms. The number of benzene rings is 3. The van der Waals surface area contributed by atoms with Crippen LogP contribution < -0.4 is 9.47 Å². The summed E-state index contributed by atoms with van der Waals surface area (Å²) in [5, 5.41) is 18.9. The van der Waals surface area contributed by atoms with Crippen molar-refractivity contribution >= 4 is 34.7 Å². The first kappa shape index (κ1) is 30.6. The number of carbonyl (C=O) groups is 1. The molecule has 6 rings (SSSR count). The Labute approximate surface area is 266 Å². The third-order valence-corrected chi connectivity index (χ3v) is 8.83. The highest BCUT2D eigenvalue weighted by molar-refractivity contribution is 6.30. The summed E-state index contributed by atoms with van der Waals surface area (Å²) in [6.07, 6.45) is 7.03. The number of hydrogen-bond acceptors (Lipinski definition) is 6. The van der Waals surface area contributed by atoms with Crippen molar-refractivity contribution in [2.45, 2.75) is 57.9 Å². The summed E-state index contributed by atoms with van der Waals surface area (Å²) in [5.74, 6) is 0.877. The maximum absolute atomic E-state index is 14.1. The van der Waals surface area contributed by atoms with Gasteiger partial charge in [-0.2, -0.15) is 5.26 Å². The molecule has 0 spiro atoms. The second kappa shape index (κ2) is 13.3. The smallest absolute Gasteiger partial charge is 0.328 e. The van der Waals surface area contributed by atoms with Crippen LogP contribution in [0.5, 0.6) is 11.5 Å². The van der Waals surface area contributed by atoms with Crippen molar-refractivity contribution in [2.75, 3.05) is 13.1 Å². The van der Waals surface area contributed by atoms with E-state index in [4.69, 9.17) is 31.2 Å². The number of aromatic nitrogens is 2. The minimum Gasteiger partial charge on any atom is -0.490 e. The quantitative estimate of drug-likeness (QED) is 0.165. The van der Waals surface area contributed by atoms with Crippen molar-refractivity contribution in [3.63, 3.8) is 0 Å². The molecule has 232 valence electrons. The number of hydrogen-bond donors (Lipinski definition) is 1. The van der Waals surface area contributed by atoms with E-state index in [0.29, 0.717) is 35.1 Å². The summed E-state index contributed by atoms with van der Waals surface area (Å²) >= 11 is 5.85. The molecule has 2 heterocycles. The van der Waals surface area contributed by atoms with E-state index in [1.165, 1.54) is 6.07 Å². The average Bonchev–Trinajstić information content (AvgIpc) is 3.70. The fraction of sp³-hybridized carbons (Fsp3) is 0.343. The van der Waals surface area contributed by atoms with Gasteiger partial charge in [0, 0.05) is 54.2 Å². The zero-order valence-corrected chi connectivity index (χ0v) is 25.5. The van der Waals surface area contributed by atoms with E-state index < -0.39 is 11.8 Å². The lowest BCUT2D eigenvalue weighted by molar-refractivity contribution is -0.131. The standard InChI is InChI=1S/C35H34ClFN4O4/c36-26-7-6-25(30(37)19-26)22-44-28-2-1-3-29(20-28)45-27-10-16-40(17-11-27)21-33-39-31-8-4-24(5-9-34(42)43)18-32(31)41(33)23-35(12-13-35)14-15-38/h1-9,18-20,27H,10-14,16-17,21-23H2,(H,42,43)/b9-5+. The first-order chi connectivity index (χ1) is 21.8. The summed E-state index contributed by atoms with van der Waals surface area (Å²) in [7, 11) is 0. The molecular weight excluding hydrogens is 595 g/mol. The highest BCUT2D eigenvalue weighted by atomic mass is 35.5. The normalized spacial score (nSPS) is 16.6. The number of imidazole rings is 1. The Morgan fingerprint density at radius 3 is 2.67 bits per heavy atom. The van der Waals surface area contributed by atoms with E-state index >= 15 is 0 Å². The van der Waals surface area contributed by atoms with Crippen molar-refractivity contribution in [3.8, 4) is 17.6 Å². The van der Waals surface area contributed by atoms with Crippen LogP contribution in [0.1, 0.15) is 49.1 Å². The molecule has 0 amide bonds. The topological polar surface area (TPSA) is 101 Å². The van der Waals surface area contributed by atoms with Gasteiger partial charge in [-0.15, -0.1) is 0 Å². The van der Waals surface area contributed by atoms with Gasteiger partial charge >= 0.3 is 5.97 Å². The number of aliphatic carboxylic acids is 1. The highest BCUT2D eigenvalue weighted by Gasteiger charge is 2.43. The van der Waals surface area contributed by atoms with Gasteiger partial charge in [-0.1, -0.05) is 29.8 Å². The number of carboxylic acids is 1. The molecule has 45 heavy (non-hydrogen) atoms. The molecule has 1 saturated heterocycles. The van der Waals surface area contributed by atoms with E-state index in [1.54, 1.807) is 18.2 Å². The molecule has 0 atom stereocenters. The number of carboxylic acid groups (broad SMARTS) is 1. The third kappa shape index (κ3) is 7.64. The van der Waals surface area contributed by atoms with Gasteiger partial charge in [-0.3, -0.25) is 4.90 Å². The van der Waals surface area contributed by atoms with Crippen molar-refractivity contribution in [2.24, 2.45) is 5.41 Å². The first-order valence-electron chi connectivity index (χ1n) is 15.1. The van der Waals surface area contributed by atoms with E-state index in [2.05, 4.69) is 15.5 Å². The Balaban J connectivity index is 1.09. The Morgan fingerprint density at radius 2 is 1.93 bits per heavy atom. The molecule has 1 aromatic heterocycles. The molecule has 2 aliphatic rings. The van der Waals surface area contributed by atoms with Gasteiger partial charge in [0.15, 0.2) is 0 Å². The molecule has 1 aliphatic carbocycles. The van der Waals surface area contributed by atoms with Crippen LogP contribution in [0.4, 0.5) is 4.39 Å². The minimum absolute atomic E-state index is 0.0217. The lowest BCUT2D eigenvalue weighted by Crippen LogP contribution is -2.38. The number of piperidine rings is 1. The number of ether oxygens (including phenoxy) is 2. The van der Waals surface area contributed by atoms with Crippen LogP contribution in [0.25, 0.3) is 17.1 Å². The minimum atomic E-state index is -0.991. The SMILES string of the molecule is N#CCC1(Cn2c(CN3CCC(Oc4cccc(OCc5ccc(Cl)cc5F)c4)CC3)nc3ccc(/C=C/C(=O)O)cc32)CC1. The van der Waals surface area contributed by atoms with Gasteiger partial charge in [0.05, 0.1) is 23.6 Å². The molecule has 1 saturated carbocycles. The monoisotopic (exact) mass is 628 g/mol. The lowest BCUT2D eigenvalue weighted by atomic mass is 10.0. The summed E-state index contributed by atoms with van der Waals surface area (Å²) in [4.78, 5) is 18.4. The fourth-order valence-corrected chi connectivity index (χ4v) is 6.00. The van der Waals surface area contributed by atoms with Gasteiger partial charge in [0.2, 0.25) is 0 Å². The van der Waals surface area contributed by atoms with Gasteiger partial charge in [0.25, 0.3) is 0 Å². The van der Waals surface area contributed by atoms with Crippen LogP contribution in [0.3, 0.4) is 0 Å². The number of rotatable bonds is 12. The third-order valence-electron chi connectivity index (χ3n) is 8.59. The summed E-state index contributed by atoms with van der Waals surface area (Å²) in [6, 6.07) is 20.1. The first-order valence-corrected chi connectivity index (χ1v) is 15.5. The molecule has 10 heteroatoms. The van der Waals surface area contributed by atoms with Gasteiger partial charge < -0.3 is 19.1 Å². The maximum Gasteiger partial charge on any atom is 0.328 e. The van der Waals surface area contributed by atoms with E-state index in [-0.39, 0.29) is 18.1 Å². The Hall–Kier alpha value is -4.39. The number of nitrogens with zero attached hydrogens (tertiary/aromatic N) is 4. The van der Waals surface area contributed by atoms with E-state index in [0.717, 1.165) is 73.8 Å². The van der Waals surface area contributed by atoms with Gasteiger partial charge in [0.1, 0.15) is 35.9 Å². The average molecular weight is 629 g/mol. The molecule has 2 fully saturated rings. The highest BCUT2D eigenvalue weighted by Crippen LogP contribution is 2.50. The van der Waals surface area contributed by atoms with Gasteiger partial charge in [-0.05, 0) is 73.7 Å². The molecule has 1 aliphatic heterocycles. The summed E-state index contributed by atoms with van der Waals surface area (Å²) in [5.41, 5.74) is 3.03. The molecule has 0 radical (unpaired) electrons. The van der Waals surface area contributed by atoms with Crippen LogP contribution in [-0.4, -0.2) is 44.7 Å².